The lowest BCUT2D eigenvalue weighted by molar-refractivity contribution is 0.0589. The van der Waals surface area contributed by atoms with Gasteiger partial charge in [0.2, 0.25) is 0 Å². The maximum Gasteiger partial charge on any atom is 0.360 e. The average molecular weight is 307 g/mol. The number of nitrogens with zero attached hydrogens (tertiary/aromatic N) is 1. The number of benzene rings is 2. The van der Waals surface area contributed by atoms with Crippen molar-refractivity contribution >= 4 is 16.9 Å². The first-order valence-corrected chi connectivity index (χ1v) is 7.34. The fourth-order valence-electron chi connectivity index (χ4n) is 2.36. The Morgan fingerprint density at radius 1 is 1.09 bits per heavy atom. The number of pyridine rings is 1. The van der Waals surface area contributed by atoms with E-state index in [0.29, 0.717) is 12.4 Å². The second kappa shape index (κ2) is 6.48. The Hall–Kier alpha value is -2.88. The summed E-state index contributed by atoms with van der Waals surface area (Å²) < 4.78 is 10.7. The molecule has 0 fully saturated rings. The van der Waals surface area contributed by atoms with Gasteiger partial charge in [-0.05, 0) is 30.7 Å². The molecule has 0 unspecified atom stereocenters. The third kappa shape index (κ3) is 3.31. The number of rotatable bonds is 4. The smallest absolute Gasteiger partial charge is 0.360 e. The number of hydrogen-bond donors (Lipinski definition) is 0. The lowest BCUT2D eigenvalue weighted by Gasteiger charge is -2.11. The maximum atomic E-state index is 12.0. The summed E-state index contributed by atoms with van der Waals surface area (Å²) >= 11 is 0. The van der Waals surface area contributed by atoms with E-state index in [0.717, 1.165) is 22.0 Å². The molecule has 2 aromatic carbocycles. The fraction of sp³-hybridized carbons (Fsp3) is 0.158. The molecule has 0 saturated carbocycles. The van der Waals surface area contributed by atoms with E-state index in [2.05, 4.69) is 4.98 Å². The monoisotopic (exact) mass is 307 g/mol. The summed E-state index contributed by atoms with van der Waals surface area (Å²) in [6.45, 7) is 2.38. The molecule has 0 saturated heterocycles. The summed E-state index contributed by atoms with van der Waals surface area (Å²) in [6, 6.07) is 17.5. The summed E-state index contributed by atoms with van der Waals surface area (Å²) in [7, 11) is 1.34. The van der Waals surface area contributed by atoms with Gasteiger partial charge in [0.1, 0.15) is 6.61 Å². The summed E-state index contributed by atoms with van der Waals surface area (Å²) in [6.07, 6.45) is 0. The van der Waals surface area contributed by atoms with Crippen LogP contribution in [-0.4, -0.2) is 18.1 Å². The number of aryl methyl sites for hydroxylation is 1. The average Bonchev–Trinajstić information content (AvgIpc) is 2.59. The number of aromatic nitrogens is 1. The van der Waals surface area contributed by atoms with Crippen molar-refractivity contribution in [1.29, 1.82) is 0 Å². The lowest BCUT2D eigenvalue weighted by Crippen LogP contribution is -2.08. The van der Waals surface area contributed by atoms with Gasteiger partial charge in [0, 0.05) is 5.39 Å². The Kier molecular flexibility index (Phi) is 4.24. The molecule has 0 amide bonds. The van der Waals surface area contributed by atoms with Crippen LogP contribution in [0.15, 0.2) is 54.6 Å². The topological polar surface area (TPSA) is 48.4 Å². The van der Waals surface area contributed by atoms with Crippen molar-refractivity contribution in [3.8, 4) is 5.75 Å². The first-order chi connectivity index (χ1) is 11.2. The number of carbonyl (C=O) groups is 1. The van der Waals surface area contributed by atoms with Gasteiger partial charge in [-0.2, -0.15) is 0 Å². The molecule has 0 N–H and O–H groups in total. The van der Waals surface area contributed by atoms with Gasteiger partial charge in [-0.1, -0.05) is 42.0 Å². The Morgan fingerprint density at radius 2 is 1.87 bits per heavy atom. The SMILES string of the molecule is COC(=O)c1nc2ccc(C)cc2cc1OCc1ccccc1. The van der Waals surface area contributed by atoms with Crippen LogP contribution in [0.2, 0.25) is 0 Å². The molecular formula is C19H17NO3. The van der Waals surface area contributed by atoms with Gasteiger partial charge in [-0.15, -0.1) is 0 Å². The molecule has 116 valence electrons. The minimum atomic E-state index is -0.504. The van der Waals surface area contributed by atoms with Gasteiger partial charge in [-0.25, -0.2) is 9.78 Å². The van der Waals surface area contributed by atoms with Crippen molar-refractivity contribution < 1.29 is 14.3 Å². The molecule has 0 aliphatic carbocycles. The number of fused-ring (bicyclic) bond motifs is 1. The van der Waals surface area contributed by atoms with Crippen LogP contribution < -0.4 is 4.74 Å². The van der Waals surface area contributed by atoms with Gasteiger partial charge in [0.25, 0.3) is 0 Å². The van der Waals surface area contributed by atoms with E-state index in [4.69, 9.17) is 9.47 Å². The molecule has 1 heterocycles. The number of esters is 1. The lowest BCUT2D eigenvalue weighted by atomic mass is 10.1. The second-order valence-electron chi connectivity index (χ2n) is 5.30. The standard InChI is InChI=1S/C19H17NO3/c1-13-8-9-16-15(10-13)11-17(18(20-16)19(21)22-2)23-12-14-6-4-3-5-7-14/h3-11H,12H2,1-2H3. The highest BCUT2D eigenvalue weighted by Gasteiger charge is 2.17. The number of ether oxygens (including phenoxy) is 2. The summed E-state index contributed by atoms with van der Waals surface area (Å²) in [4.78, 5) is 16.4. The van der Waals surface area contributed by atoms with Gasteiger partial charge in [-0.3, -0.25) is 0 Å². The van der Waals surface area contributed by atoms with Crippen molar-refractivity contribution in [3.05, 3.63) is 71.4 Å². The number of methoxy groups -OCH3 is 1. The van der Waals surface area contributed by atoms with E-state index in [1.165, 1.54) is 7.11 Å². The number of hydrogen-bond acceptors (Lipinski definition) is 4. The predicted molar refractivity (Wildman–Crippen MR) is 88.6 cm³/mol. The molecule has 3 aromatic rings. The van der Waals surface area contributed by atoms with E-state index in [1.54, 1.807) is 0 Å². The predicted octanol–water partition coefficient (Wildman–Crippen LogP) is 3.91. The van der Waals surface area contributed by atoms with Crippen LogP contribution in [0.4, 0.5) is 0 Å². The van der Waals surface area contributed by atoms with Crippen molar-refractivity contribution in [2.24, 2.45) is 0 Å². The molecule has 0 spiro atoms. The van der Waals surface area contributed by atoms with Gasteiger partial charge in [0.05, 0.1) is 12.6 Å². The van der Waals surface area contributed by atoms with Crippen molar-refractivity contribution in [3.63, 3.8) is 0 Å². The van der Waals surface area contributed by atoms with Crippen molar-refractivity contribution in [2.75, 3.05) is 7.11 Å². The zero-order chi connectivity index (χ0) is 16.2. The van der Waals surface area contributed by atoms with Crippen LogP contribution in [-0.2, 0) is 11.3 Å². The molecule has 0 bridgehead atoms. The van der Waals surface area contributed by atoms with E-state index in [-0.39, 0.29) is 5.69 Å². The van der Waals surface area contributed by atoms with Gasteiger partial charge in [0.15, 0.2) is 11.4 Å². The van der Waals surface area contributed by atoms with Crippen molar-refractivity contribution in [1.82, 2.24) is 4.98 Å². The molecule has 23 heavy (non-hydrogen) atoms. The summed E-state index contributed by atoms with van der Waals surface area (Å²) in [5.41, 5.74) is 3.08. The van der Waals surface area contributed by atoms with Crippen LogP contribution in [0, 0.1) is 6.92 Å². The van der Waals surface area contributed by atoms with E-state index in [9.17, 15) is 4.79 Å². The molecule has 1 aromatic heterocycles. The molecule has 0 atom stereocenters. The van der Waals surface area contributed by atoms with E-state index >= 15 is 0 Å². The van der Waals surface area contributed by atoms with E-state index in [1.807, 2.05) is 61.5 Å². The van der Waals surface area contributed by atoms with Gasteiger partial charge >= 0.3 is 5.97 Å². The molecule has 0 aliphatic heterocycles. The third-order valence-electron chi connectivity index (χ3n) is 3.55. The fourth-order valence-corrected chi connectivity index (χ4v) is 2.36. The third-order valence-corrected chi connectivity index (χ3v) is 3.55. The molecule has 0 radical (unpaired) electrons. The minimum absolute atomic E-state index is 0.194. The zero-order valence-corrected chi connectivity index (χ0v) is 13.1. The number of carbonyl (C=O) groups excluding carboxylic acids is 1. The van der Waals surface area contributed by atoms with Crippen LogP contribution >= 0.6 is 0 Å². The molecule has 3 rings (SSSR count). The summed E-state index contributed by atoms with van der Waals surface area (Å²) in [5.74, 6) is -0.0747. The first-order valence-electron chi connectivity index (χ1n) is 7.34. The minimum Gasteiger partial charge on any atom is -0.486 e. The largest absolute Gasteiger partial charge is 0.486 e. The second-order valence-corrected chi connectivity index (χ2v) is 5.30. The van der Waals surface area contributed by atoms with Crippen LogP contribution in [0.1, 0.15) is 21.6 Å². The normalized spacial score (nSPS) is 10.5. The highest BCUT2D eigenvalue weighted by molar-refractivity contribution is 5.94. The van der Waals surface area contributed by atoms with Crippen LogP contribution in [0.5, 0.6) is 5.75 Å². The molecule has 0 aliphatic rings. The van der Waals surface area contributed by atoms with Crippen molar-refractivity contribution in [2.45, 2.75) is 13.5 Å². The maximum absolute atomic E-state index is 12.0. The van der Waals surface area contributed by atoms with Crippen LogP contribution in [0.25, 0.3) is 10.9 Å². The summed E-state index contributed by atoms with van der Waals surface area (Å²) in [5, 5.41) is 0.931. The quantitative estimate of drug-likeness (QED) is 0.686. The van der Waals surface area contributed by atoms with E-state index < -0.39 is 5.97 Å². The highest BCUT2D eigenvalue weighted by atomic mass is 16.5. The Bertz CT molecular complexity index is 844. The molecule has 4 nitrogen and oxygen atoms in total. The highest BCUT2D eigenvalue weighted by Crippen LogP contribution is 2.25. The Labute approximate surface area is 134 Å². The van der Waals surface area contributed by atoms with Gasteiger partial charge < -0.3 is 9.47 Å². The Morgan fingerprint density at radius 3 is 2.61 bits per heavy atom. The Balaban J connectivity index is 1.99. The molecule has 4 heteroatoms. The molecular weight excluding hydrogens is 290 g/mol. The van der Waals surface area contributed by atoms with Crippen LogP contribution in [0.3, 0.4) is 0 Å². The first kappa shape index (κ1) is 15.0. The zero-order valence-electron chi connectivity index (χ0n) is 13.1.